The van der Waals surface area contributed by atoms with Gasteiger partial charge in [0.05, 0.1) is 0 Å². The van der Waals surface area contributed by atoms with Crippen LogP contribution in [-0.4, -0.2) is 50.1 Å². The number of amides is 1. The van der Waals surface area contributed by atoms with Crippen LogP contribution in [0.3, 0.4) is 0 Å². The van der Waals surface area contributed by atoms with Gasteiger partial charge in [-0.05, 0) is 68.3 Å². The number of nitrogens with one attached hydrogen (secondary N) is 1. The maximum Gasteiger partial charge on any atom is 0.261 e. The van der Waals surface area contributed by atoms with E-state index < -0.39 is 6.10 Å². The number of carbonyl (C=O) groups is 1. The highest BCUT2D eigenvalue weighted by atomic mass is 16.5. The lowest BCUT2D eigenvalue weighted by Gasteiger charge is -2.34. The maximum absolute atomic E-state index is 12.6. The van der Waals surface area contributed by atoms with Crippen LogP contribution in [0.25, 0.3) is 0 Å². The third kappa shape index (κ3) is 5.73. The van der Waals surface area contributed by atoms with Gasteiger partial charge in [-0.1, -0.05) is 25.1 Å². The summed E-state index contributed by atoms with van der Waals surface area (Å²) in [7, 11) is 2.16. The van der Waals surface area contributed by atoms with E-state index in [9.17, 15) is 4.79 Å². The molecule has 2 aromatic carbocycles. The summed E-state index contributed by atoms with van der Waals surface area (Å²) < 4.78 is 5.93. The molecular formula is C24H33N3O2. The van der Waals surface area contributed by atoms with E-state index in [1.54, 1.807) is 0 Å². The van der Waals surface area contributed by atoms with Crippen molar-refractivity contribution < 1.29 is 9.53 Å². The van der Waals surface area contributed by atoms with Gasteiger partial charge >= 0.3 is 0 Å². The highest BCUT2D eigenvalue weighted by Crippen LogP contribution is 2.19. The average Bonchev–Trinajstić information content (AvgIpc) is 2.73. The van der Waals surface area contributed by atoms with E-state index in [0.29, 0.717) is 13.0 Å². The molecule has 2 aromatic rings. The Balaban J connectivity index is 1.52. The van der Waals surface area contributed by atoms with Gasteiger partial charge in [-0.25, -0.2) is 0 Å². The SMILES string of the molecule is CC[C@@H](Oc1ccc(C)c(C)c1)C(=O)NCc1ccc(N2CCN(C)CC2)cc1. The zero-order valence-corrected chi connectivity index (χ0v) is 18.1. The van der Waals surface area contributed by atoms with Gasteiger partial charge in [0.25, 0.3) is 5.91 Å². The lowest BCUT2D eigenvalue weighted by atomic mass is 10.1. The fraction of sp³-hybridized carbons (Fsp3) is 0.458. The Labute approximate surface area is 174 Å². The highest BCUT2D eigenvalue weighted by Gasteiger charge is 2.18. The number of carbonyl (C=O) groups excluding carboxylic acids is 1. The minimum Gasteiger partial charge on any atom is -0.481 e. The molecule has 1 N–H and O–H groups in total. The summed E-state index contributed by atoms with van der Waals surface area (Å²) in [6.07, 6.45) is 0.142. The van der Waals surface area contributed by atoms with Crippen LogP contribution >= 0.6 is 0 Å². The zero-order chi connectivity index (χ0) is 20.8. The average molecular weight is 396 g/mol. The van der Waals surface area contributed by atoms with E-state index in [1.807, 2.05) is 25.1 Å². The number of likely N-dealkylation sites (N-methyl/N-ethyl adjacent to an activating group) is 1. The van der Waals surface area contributed by atoms with Crippen LogP contribution < -0.4 is 15.0 Å². The van der Waals surface area contributed by atoms with E-state index in [2.05, 4.69) is 60.3 Å². The Morgan fingerprint density at radius 1 is 1.03 bits per heavy atom. The lowest BCUT2D eigenvalue weighted by molar-refractivity contribution is -0.128. The van der Waals surface area contributed by atoms with Crippen molar-refractivity contribution in [1.82, 2.24) is 10.2 Å². The van der Waals surface area contributed by atoms with E-state index in [4.69, 9.17) is 4.74 Å². The Hall–Kier alpha value is -2.53. The zero-order valence-electron chi connectivity index (χ0n) is 18.1. The molecule has 5 nitrogen and oxygen atoms in total. The van der Waals surface area contributed by atoms with Gasteiger partial charge in [-0.15, -0.1) is 0 Å². The van der Waals surface area contributed by atoms with Gasteiger partial charge in [-0.3, -0.25) is 4.79 Å². The van der Waals surface area contributed by atoms with Crippen molar-refractivity contribution in [3.8, 4) is 5.75 Å². The molecule has 5 heteroatoms. The van der Waals surface area contributed by atoms with Crippen molar-refractivity contribution in [2.75, 3.05) is 38.1 Å². The molecule has 0 radical (unpaired) electrons. The third-order valence-corrected chi connectivity index (χ3v) is 5.69. The Kier molecular flexibility index (Phi) is 7.15. The molecule has 29 heavy (non-hydrogen) atoms. The van der Waals surface area contributed by atoms with Crippen LogP contribution in [0.2, 0.25) is 0 Å². The molecule has 1 aliphatic heterocycles. The summed E-state index contributed by atoms with van der Waals surface area (Å²) in [6.45, 7) is 10.9. The fourth-order valence-electron chi connectivity index (χ4n) is 3.47. The smallest absolute Gasteiger partial charge is 0.261 e. The topological polar surface area (TPSA) is 44.8 Å². The molecule has 0 saturated carbocycles. The Morgan fingerprint density at radius 2 is 1.72 bits per heavy atom. The maximum atomic E-state index is 12.6. The molecule has 3 rings (SSSR count). The van der Waals surface area contributed by atoms with E-state index in [-0.39, 0.29) is 5.91 Å². The van der Waals surface area contributed by atoms with E-state index in [1.165, 1.54) is 16.8 Å². The minimum absolute atomic E-state index is 0.0751. The molecule has 1 amide bonds. The molecule has 0 bridgehead atoms. The summed E-state index contributed by atoms with van der Waals surface area (Å²) in [6, 6.07) is 14.4. The van der Waals surface area contributed by atoms with Crippen LogP contribution in [0.5, 0.6) is 5.75 Å². The highest BCUT2D eigenvalue weighted by molar-refractivity contribution is 5.81. The van der Waals surface area contributed by atoms with Crippen molar-refractivity contribution in [1.29, 1.82) is 0 Å². The number of hydrogen-bond acceptors (Lipinski definition) is 4. The number of rotatable bonds is 7. The van der Waals surface area contributed by atoms with Gasteiger partial charge in [0.15, 0.2) is 6.10 Å². The van der Waals surface area contributed by atoms with Gasteiger partial charge < -0.3 is 19.9 Å². The molecule has 0 aliphatic carbocycles. The Morgan fingerprint density at radius 3 is 2.34 bits per heavy atom. The van der Waals surface area contributed by atoms with Gasteiger partial charge in [0, 0.05) is 38.4 Å². The summed E-state index contributed by atoms with van der Waals surface area (Å²) in [5.41, 5.74) is 4.73. The Bertz CT molecular complexity index is 811. The first-order valence-corrected chi connectivity index (χ1v) is 10.5. The first-order valence-electron chi connectivity index (χ1n) is 10.5. The fourth-order valence-corrected chi connectivity index (χ4v) is 3.47. The van der Waals surface area contributed by atoms with E-state index >= 15 is 0 Å². The molecule has 1 saturated heterocycles. The van der Waals surface area contributed by atoms with Crippen LogP contribution in [-0.2, 0) is 11.3 Å². The number of anilines is 1. The number of benzene rings is 2. The molecule has 0 unspecified atom stereocenters. The molecule has 0 spiro atoms. The summed E-state index contributed by atoms with van der Waals surface area (Å²) >= 11 is 0. The standard InChI is InChI=1S/C24H33N3O2/c1-5-23(29-22-11-6-18(2)19(3)16-22)24(28)25-17-20-7-9-21(10-8-20)27-14-12-26(4)13-15-27/h6-11,16,23H,5,12-15,17H2,1-4H3,(H,25,28)/t23-/m1/s1. The van der Waals surface area contributed by atoms with Crippen molar-refractivity contribution >= 4 is 11.6 Å². The quantitative estimate of drug-likeness (QED) is 0.779. The molecule has 1 heterocycles. The largest absolute Gasteiger partial charge is 0.481 e. The van der Waals surface area contributed by atoms with Gasteiger partial charge in [0.2, 0.25) is 0 Å². The van der Waals surface area contributed by atoms with Crippen LogP contribution in [0.15, 0.2) is 42.5 Å². The second-order valence-corrected chi connectivity index (χ2v) is 7.94. The summed E-state index contributed by atoms with van der Waals surface area (Å²) in [5, 5.41) is 3.02. The molecule has 156 valence electrons. The van der Waals surface area contributed by atoms with Gasteiger partial charge in [0.1, 0.15) is 5.75 Å². The molecular weight excluding hydrogens is 362 g/mol. The lowest BCUT2D eigenvalue weighted by Crippen LogP contribution is -2.44. The van der Waals surface area contributed by atoms with Crippen LogP contribution in [0, 0.1) is 13.8 Å². The van der Waals surface area contributed by atoms with E-state index in [0.717, 1.165) is 37.5 Å². The molecule has 0 aromatic heterocycles. The number of aryl methyl sites for hydroxylation is 2. The third-order valence-electron chi connectivity index (χ3n) is 5.69. The monoisotopic (exact) mass is 395 g/mol. The van der Waals surface area contributed by atoms with Crippen molar-refractivity contribution in [3.63, 3.8) is 0 Å². The summed E-state index contributed by atoms with van der Waals surface area (Å²) in [5.74, 6) is 0.667. The van der Waals surface area contributed by atoms with Crippen LogP contribution in [0.1, 0.15) is 30.0 Å². The van der Waals surface area contributed by atoms with Crippen molar-refractivity contribution in [3.05, 3.63) is 59.2 Å². The van der Waals surface area contributed by atoms with Crippen LogP contribution in [0.4, 0.5) is 5.69 Å². The predicted molar refractivity (Wildman–Crippen MR) is 119 cm³/mol. The number of ether oxygens (including phenoxy) is 1. The number of piperazine rings is 1. The summed E-state index contributed by atoms with van der Waals surface area (Å²) in [4.78, 5) is 17.4. The molecule has 1 fully saturated rings. The predicted octanol–water partition coefficient (Wildman–Crippen LogP) is 3.53. The molecule has 1 aliphatic rings. The number of nitrogens with zero attached hydrogens (tertiary/aromatic N) is 2. The minimum atomic E-state index is -0.485. The van der Waals surface area contributed by atoms with Crippen molar-refractivity contribution in [2.24, 2.45) is 0 Å². The first kappa shape index (κ1) is 21.2. The second-order valence-electron chi connectivity index (χ2n) is 7.94. The number of hydrogen-bond donors (Lipinski definition) is 1. The second kappa shape index (κ2) is 9.79. The van der Waals surface area contributed by atoms with Gasteiger partial charge in [-0.2, -0.15) is 0 Å². The normalized spacial score (nSPS) is 15.8. The first-order chi connectivity index (χ1) is 14.0. The van der Waals surface area contributed by atoms with Crippen molar-refractivity contribution in [2.45, 2.75) is 39.8 Å². The molecule has 1 atom stereocenters.